The van der Waals surface area contributed by atoms with E-state index in [1.165, 1.54) is 0 Å². The zero-order chi connectivity index (χ0) is 21.0. The van der Waals surface area contributed by atoms with E-state index in [2.05, 4.69) is 10.5 Å². The molecule has 2 unspecified atom stereocenters. The molecule has 2 atom stereocenters. The zero-order valence-corrected chi connectivity index (χ0v) is 16.3. The fraction of sp³-hybridized carbons (Fsp3) is 0.286. The van der Waals surface area contributed by atoms with Gasteiger partial charge in [0.1, 0.15) is 11.6 Å². The van der Waals surface area contributed by atoms with Gasteiger partial charge in [0.2, 0.25) is 0 Å². The Balaban J connectivity index is 1.92. The highest BCUT2D eigenvalue weighted by Crippen LogP contribution is 2.33. The lowest BCUT2D eigenvalue weighted by Crippen LogP contribution is -2.21. The van der Waals surface area contributed by atoms with Crippen LogP contribution in [0.3, 0.4) is 0 Å². The number of aliphatic carboxylic acids is 1. The molecule has 1 aliphatic rings. The summed E-state index contributed by atoms with van der Waals surface area (Å²) in [5.74, 6) is -0.498. The van der Waals surface area contributed by atoms with Crippen LogP contribution in [0.25, 0.3) is 0 Å². The van der Waals surface area contributed by atoms with Gasteiger partial charge >= 0.3 is 5.97 Å². The standard InChI is InChI=1S/C21H24N4O4/c1-3-28-17-10-14(18-8-12(2)25-29-18)9-15(11-17)19(21(26)27)24-16-6-4-13(5-7-16)20(22)23/h4-7,9-11,18-19,24H,3,8H2,1-2H3,(H3,22,23)(H,26,27). The molecule has 0 saturated carbocycles. The number of nitrogens with one attached hydrogen (secondary N) is 2. The minimum absolute atomic E-state index is 0.0468. The molecule has 1 heterocycles. The van der Waals surface area contributed by atoms with Crippen molar-refractivity contribution in [1.82, 2.24) is 0 Å². The highest BCUT2D eigenvalue weighted by molar-refractivity contribution is 5.95. The average molecular weight is 396 g/mol. The highest BCUT2D eigenvalue weighted by atomic mass is 16.6. The average Bonchev–Trinajstić information content (AvgIpc) is 3.12. The summed E-state index contributed by atoms with van der Waals surface area (Å²) in [6.45, 7) is 4.22. The Hall–Kier alpha value is -3.55. The number of carboxylic acid groups (broad SMARTS) is 1. The molecule has 29 heavy (non-hydrogen) atoms. The lowest BCUT2D eigenvalue weighted by atomic mass is 9.98. The molecular weight excluding hydrogens is 372 g/mol. The molecule has 0 fully saturated rings. The summed E-state index contributed by atoms with van der Waals surface area (Å²) in [5.41, 5.74) is 8.88. The zero-order valence-electron chi connectivity index (χ0n) is 16.3. The monoisotopic (exact) mass is 396 g/mol. The number of oxime groups is 1. The SMILES string of the molecule is CCOc1cc(C2CC(C)=NO2)cc(C(Nc2ccc(C(=N)N)cc2)C(=O)O)c1. The van der Waals surface area contributed by atoms with Crippen LogP contribution in [0.5, 0.6) is 5.75 Å². The van der Waals surface area contributed by atoms with Crippen molar-refractivity contribution in [3.63, 3.8) is 0 Å². The quantitative estimate of drug-likeness (QED) is 0.399. The first-order valence-corrected chi connectivity index (χ1v) is 9.28. The lowest BCUT2D eigenvalue weighted by Gasteiger charge is -2.20. The number of carboxylic acids is 1. The third-order valence-electron chi connectivity index (χ3n) is 4.54. The van der Waals surface area contributed by atoms with Gasteiger partial charge in [-0.1, -0.05) is 5.16 Å². The summed E-state index contributed by atoms with van der Waals surface area (Å²) in [7, 11) is 0. The molecule has 0 aromatic heterocycles. The number of hydrogen-bond donors (Lipinski definition) is 4. The van der Waals surface area contributed by atoms with E-state index in [1.54, 1.807) is 36.4 Å². The third kappa shape index (κ3) is 4.84. The summed E-state index contributed by atoms with van der Waals surface area (Å²) < 4.78 is 5.64. The maximum absolute atomic E-state index is 12.0. The molecule has 0 aliphatic carbocycles. The van der Waals surface area contributed by atoms with Gasteiger partial charge in [0, 0.05) is 17.7 Å². The largest absolute Gasteiger partial charge is 0.494 e. The van der Waals surface area contributed by atoms with E-state index in [9.17, 15) is 9.90 Å². The number of anilines is 1. The van der Waals surface area contributed by atoms with Gasteiger partial charge in [0.05, 0.1) is 12.3 Å². The van der Waals surface area contributed by atoms with Gasteiger partial charge in [-0.3, -0.25) is 5.41 Å². The summed E-state index contributed by atoms with van der Waals surface area (Å²) in [4.78, 5) is 17.5. The number of nitrogens with zero attached hydrogens (tertiary/aromatic N) is 1. The second-order valence-electron chi connectivity index (χ2n) is 6.80. The van der Waals surface area contributed by atoms with Crippen LogP contribution in [0, 0.1) is 5.41 Å². The minimum Gasteiger partial charge on any atom is -0.494 e. The Morgan fingerprint density at radius 1 is 1.38 bits per heavy atom. The third-order valence-corrected chi connectivity index (χ3v) is 4.54. The van der Waals surface area contributed by atoms with Crippen LogP contribution in [-0.4, -0.2) is 29.2 Å². The van der Waals surface area contributed by atoms with Crippen molar-refractivity contribution < 1.29 is 19.5 Å². The second-order valence-corrected chi connectivity index (χ2v) is 6.80. The number of nitrogen functional groups attached to an aromatic ring is 1. The van der Waals surface area contributed by atoms with E-state index in [0.29, 0.717) is 35.6 Å². The molecular formula is C21H24N4O4. The molecule has 1 aliphatic heterocycles. The van der Waals surface area contributed by atoms with Gasteiger partial charge in [0.25, 0.3) is 0 Å². The predicted octanol–water partition coefficient (Wildman–Crippen LogP) is 3.44. The molecule has 0 bridgehead atoms. The van der Waals surface area contributed by atoms with Crippen molar-refractivity contribution in [3.05, 3.63) is 59.2 Å². The molecule has 8 nitrogen and oxygen atoms in total. The van der Waals surface area contributed by atoms with Crippen LogP contribution in [0.2, 0.25) is 0 Å². The number of nitrogens with two attached hydrogens (primary N) is 1. The van der Waals surface area contributed by atoms with Crippen LogP contribution in [0.1, 0.15) is 49.1 Å². The van der Waals surface area contributed by atoms with Gasteiger partial charge in [-0.2, -0.15) is 0 Å². The fourth-order valence-corrected chi connectivity index (χ4v) is 3.12. The molecule has 0 saturated heterocycles. The maximum Gasteiger partial charge on any atom is 0.330 e. The summed E-state index contributed by atoms with van der Waals surface area (Å²) in [6, 6.07) is 11.1. The van der Waals surface area contributed by atoms with Crippen LogP contribution in [0.15, 0.2) is 47.6 Å². The molecule has 0 amide bonds. The van der Waals surface area contributed by atoms with Crippen molar-refractivity contribution in [2.24, 2.45) is 10.9 Å². The van der Waals surface area contributed by atoms with Crippen molar-refractivity contribution in [3.8, 4) is 5.75 Å². The lowest BCUT2D eigenvalue weighted by molar-refractivity contribution is -0.138. The van der Waals surface area contributed by atoms with Crippen LogP contribution < -0.4 is 15.8 Å². The van der Waals surface area contributed by atoms with Gasteiger partial charge in [0.15, 0.2) is 12.1 Å². The van der Waals surface area contributed by atoms with Gasteiger partial charge in [-0.15, -0.1) is 0 Å². The first kappa shape index (κ1) is 20.2. The minimum atomic E-state index is -1.03. The van der Waals surface area contributed by atoms with E-state index in [-0.39, 0.29) is 11.9 Å². The van der Waals surface area contributed by atoms with E-state index in [1.807, 2.05) is 19.9 Å². The molecule has 0 radical (unpaired) electrons. The molecule has 152 valence electrons. The number of rotatable bonds is 8. The Morgan fingerprint density at radius 3 is 2.66 bits per heavy atom. The Bertz CT molecular complexity index is 940. The fourth-order valence-electron chi connectivity index (χ4n) is 3.12. The van der Waals surface area contributed by atoms with E-state index in [4.69, 9.17) is 20.7 Å². The number of benzene rings is 2. The van der Waals surface area contributed by atoms with Crippen LogP contribution >= 0.6 is 0 Å². The van der Waals surface area contributed by atoms with E-state index < -0.39 is 12.0 Å². The van der Waals surface area contributed by atoms with Crippen molar-refractivity contribution in [2.45, 2.75) is 32.4 Å². The maximum atomic E-state index is 12.0. The van der Waals surface area contributed by atoms with Gasteiger partial charge < -0.3 is 25.7 Å². The smallest absolute Gasteiger partial charge is 0.330 e. The highest BCUT2D eigenvalue weighted by Gasteiger charge is 2.26. The van der Waals surface area contributed by atoms with Crippen molar-refractivity contribution >= 4 is 23.2 Å². The predicted molar refractivity (Wildman–Crippen MR) is 111 cm³/mol. The number of carbonyl (C=O) groups is 1. The van der Waals surface area contributed by atoms with E-state index in [0.717, 1.165) is 11.3 Å². The molecule has 5 N–H and O–H groups in total. The molecule has 8 heteroatoms. The number of hydrogen-bond acceptors (Lipinski definition) is 6. The van der Waals surface area contributed by atoms with Crippen molar-refractivity contribution in [1.29, 1.82) is 5.41 Å². The van der Waals surface area contributed by atoms with Gasteiger partial charge in [-0.05, 0) is 67.4 Å². The van der Waals surface area contributed by atoms with E-state index >= 15 is 0 Å². The normalized spacial score (nSPS) is 16.5. The summed E-state index contributed by atoms with van der Waals surface area (Å²) >= 11 is 0. The molecule has 2 aromatic carbocycles. The number of amidine groups is 1. The first-order chi connectivity index (χ1) is 13.9. The van der Waals surface area contributed by atoms with Gasteiger partial charge in [-0.25, -0.2) is 4.79 Å². The topological polar surface area (TPSA) is 130 Å². The van der Waals surface area contributed by atoms with Crippen LogP contribution in [-0.2, 0) is 9.63 Å². The number of ether oxygens (including phenoxy) is 1. The second kappa shape index (κ2) is 8.64. The first-order valence-electron chi connectivity index (χ1n) is 9.28. The summed E-state index contributed by atoms with van der Waals surface area (Å²) in [5, 5.41) is 24.3. The Kier molecular flexibility index (Phi) is 6.01. The molecule has 2 aromatic rings. The molecule has 3 rings (SSSR count). The summed E-state index contributed by atoms with van der Waals surface area (Å²) in [6.07, 6.45) is 0.380. The molecule has 0 spiro atoms. The van der Waals surface area contributed by atoms with Crippen LogP contribution in [0.4, 0.5) is 5.69 Å². The Morgan fingerprint density at radius 2 is 2.10 bits per heavy atom. The Labute approximate surface area is 168 Å². The van der Waals surface area contributed by atoms with Crippen molar-refractivity contribution in [2.75, 3.05) is 11.9 Å².